The van der Waals surface area contributed by atoms with Gasteiger partial charge in [-0.3, -0.25) is 4.79 Å². The third-order valence-corrected chi connectivity index (χ3v) is 4.07. The molecule has 0 saturated carbocycles. The van der Waals surface area contributed by atoms with Crippen molar-refractivity contribution in [1.82, 2.24) is 0 Å². The van der Waals surface area contributed by atoms with Crippen molar-refractivity contribution in [3.63, 3.8) is 0 Å². The number of halogens is 3. The summed E-state index contributed by atoms with van der Waals surface area (Å²) in [6, 6.07) is 10.5. The van der Waals surface area contributed by atoms with Crippen LogP contribution in [-0.2, 0) is 4.79 Å². The van der Waals surface area contributed by atoms with E-state index in [2.05, 4.69) is 10.6 Å². The van der Waals surface area contributed by atoms with Crippen molar-refractivity contribution < 1.29 is 4.79 Å². The fraction of sp³-hybridized carbons (Fsp3) is 0.133. The van der Waals surface area contributed by atoms with Crippen LogP contribution in [0.2, 0.25) is 15.1 Å². The first-order valence-electron chi connectivity index (χ1n) is 6.21. The standard InChI is InChI=1S/C15H13Cl3N2O/c1-9-5-6-10(7-12(9)17)20-14(21)8-19-13-4-2-3-11(16)15(13)18/h2-7,19H,8H2,1H3,(H,20,21). The lowest BCUT2D eigenvalue weighted by Gasteiger charge is -2.10. The molecule has 21 heavy (non-hydrogen) atoms. The zero-order valence-electron chi connectivity index (χ0n) is 11.2. The van der Waals surface area contributed by atoms with E-state index in [9.17, 15) is 4.79 Å². The summed E-state index contributed by atoms with van der Waals surface area (Å²) in [5.41, 5.74) is 2.22. The fourth-order valence-electron chi connectivity index (χ4n) is 1.69. The minimum atomic E-state index is -0.203. The van der Waals surface area contributed by atoms with Gasteiger partial charge in [0.15, 0.2) is 0 Å². The van der Waals surface area contributed by atoms with Crippen LogP contribution in [0.4, 0.5) is 11.4 Å². The molecule has 0 aromatic heterocycles. The Morgan fingerprint density at radius 2 is 1.86 bits per heavy atom. The molecule has 0 unspecified atom stereocenters. The molecule has 110 valence electrons. The Labute approximate surface area is 138 Å². The van der Waals surface area contributed by atoms with Gasteiger partial charge in [-0.25, -0.2) is 0 Å². The van der Waals surface area contributed by atoms with E-state index in [-0.39, 0.29) is 12.5 Å². The highest BCUT2D eigenvalue weighted by Crippen LogP contribution is 2.29. The van der Waals surface area contributed by atoms with Gasteiger partial charge in [-0.1, -0.05) is 46.9 Å². The maximum Gasteiger partial charge on any atom is 0.243 e. The van der Waals surface area contributed by atoms with Crippen LogP contribution in [0.25, 0.3) is 0 Å². The van der Waals surface area contributed by atoms with E-state index >= 15 is 0 Å². The lowest BCUT2D eigenvalue weighted by molar-refractivity contribution is -0.114. The van der Waals surface area contributed by atoms with Crippen molar-refractivity contribution in [2.24, 2.45) is 0 Å². The van der Waals surface area contributed by atoms with Crippen LogP contribution >= 0.6 is 34.8 Å². The van der Waals surface area contributed by atoms with Gasteiger partial charge in [0.1, 0.15) is 0 Å². The molecule has 2 aromatic carbocycles. The van der Waals surface area contributed by atoms with Crippen molar-refractivity contribution in [3.05, 3.63) is 57.0 Å². The Morgan fingerprint density at radius 3 is 2.57 bits per heavy atom. The van der Waals surface area contributed by atoms with Crippen LogP contribution in [-0.4, -0.2) is 12.5 Å². The summed E-state index contributed by atoms with van der Waals surface area (Å²) in [6.07, 6.45) is 0. The van der Waals surface area contributed by atoms with Gasteiger partial charge in [0.2, 0.25) is 5.91 Å². The third-order valence-electron chi connectivity index (χ3n) is 2.85. The van der Waals surface area contributed by atoms with Gasteiger partial charge in [0, 0.05) is 10.7 Å². The topological polar surface area (TPSA) is 41.1 Å². The summed E-state index contributed by atoms with van der Waals surface area (Å²) >= 11 is 17.9. The average Bonchev–Trinajstić information content (AvgIpc) is 2.44. The number of amides is 1. The molecule has 2 aromatic rings. The van der Waals surface area contributed by atoms with Gasteiger partial charge in [-0.05, 0) is 36.8 Å². The number of carbonyl (C=O) groups is 1. The van der Waals surface area contributed by atoms with Crippen molar-refractivity contribution in [1.29, 1.82) is 0 Å². The van der Waals surface area contributed by atoms with Crippen molar-refractivity contribution in [3.8, 4) is 0 Å². The van der Waals surface area contributed by atoms with Crippen LogP contribution < -0.4 is 10.6 Å². The number of anilines is 2. The lowest BCUT2D eigenvalue weighted by atomic mass is 10.2. The molecule has 0 aliphatic rings. The molecule has 0 saturated heterocycles. The highest BCUT2D eigenvalue weighted by Gasteiger charge is 2.07. The van der Waals surface area contributed by atoms with Crippen molar-refractivity contribution in [2.75, 3.05) is 17.2 Å². The van der Waals surface area contributed by atoms with Gasteiger partial charge >= 0.3 is 0 Å². The molecule has 0 spiro atoms. The number of aryl methyl sites for hydroxylation is 1. The Hall–Kier alpha value is -1.42. The summed E-state index contributed by atoms with van der Waals surface area (Å²) < 4.78 is 0. The lowest BCUT2D eigenvalue weighted by Crippen LogP contribution is -2.21. The number of hydrogen-bond acceptors (Lipinski definition) is 2. The highest BCUT2D eigenvalue weighted by molar-refractivity contribution is 6.43. The molecule has 0 atom stereocenters. The average molecular weight is 344 g/mol. The van der Waals surface area contributed by atoms with E-state index in [0.29, 0.717) is 26.4 Å². The van der Waals surface area contributed by atoms with Crippen LogP contribution in [0.3, 0.4) is 0 Å². The first-order valence-corrected chi connectivity index (χ1v) is 7.34. The Bertz CT molecular complexity index is 674. The quantitative estimate of drug-likeness (QED) is 0.819. The predicted molar refractivity (Wildman–Crippen MR) is 89.8 cm³/mol. The molecule has 0 fully saturated rings. The summed E-state index contributed by atoms with van der Waals surface area (Å²) in [5.74, 6) is -0.203. The SMILES string of the molecule is Cc1ccc(NC(=O)CNc2cccc(Cl)c2Cl)cc1Cl. The third kappa shape index (κ3) is 4.27. The largest absolute Gasteiger partial charge is 0.375 e. The number of benzene rings is 2. The van der Waals surface area contributed by atoms with E-state index < -0.39 is 0 Å². The van der Waals surface area contributed by atoms with Crippen LogP contribution in [0, 0.1) is 6.92 Å². The minimum absolute atomic E-state index is 0.0750. The summed E-state index contributed by atoms with van der Waals surface area (Å²) in [7, 11) is 0. The van der Waals surface area contributed by atoms with Crippen LogP contribution in [0.5, 0.6) is 0 Å². The smallest absolute Gasteiger partial charge is 0.243 e. The van der Waals surface area contributed by atoms with Crippen LogP contribution in [0.1, 0.15) is 5.56 Å². The minimum Gasteiger partial charge on any atom is -0.375 e. The predicted octanol–water partition coefficient (Wildman–Crippen LogP) is 5.01. The molecule has 1 amide bonds. The van der Waals surface area contributed by atoms with Gasteiger partial charge < -0.3 is 10.6 Å². The normalized spacial score (nSPS) is 10.3. The summed E-state index contributed by atoms with van der Waals surface area (Å²) in [5, 5.41) is 7.13. The molecular formula is C15H13Cl3N2O. The van der Waals surface area contributed by atoms with E-state index in [1.807, 2.05) is 13.0 Å². The van der Waals surface area contributed by atoms with Gasteiger partial charge in [-0.15, -0.1) is 0 Å². The number of rotatable bonds is 4. The first-order chi connectivity index (χ1) is 9.97. The highest BCUT2D eigenvalue weighted by atomic mass is 35.5. The maximum atomic E-state index is 11.9. The van der Waals surface area contributed by atoms with E-state index in [4.69, 9.17) is 34.8 Å². The number of hydrogen-bond donors (Lipinski definition) is 2. The van der Waals surface area contributed by atoms with Gasteiger partial charge in [-0.2, -0.15) is 0 Å². The summed E-state index contributed by atoms with van der Waals surface area (Å²) in [6.45, 7) is 1.97. The van der Waals surface area contributed by atoms with Crippen molar-refractivity contribution in [2.45, 2.75) is 6.92 Å². The molecule has 0 aliphatic heterocycles. The van der Waals surface area contributed by atoms with Crippen LogP contribution in [0.15, 0.2) is 36.4 Å². The van der Waals surface area contributed by atoms with E-state index in [1.165, 1.54) is 0 Å². The maximum absolute atomic E-state index is 11.9. The van der Waals surface area contributed by atoms with Gasteiger partial charge in [0.05, 0.1) is 22.3 Å². The zero-order chi connectivity index (χ0) is 15.4. The molecule has 0 heterocycles. The molecule has 0 bridgehead atoms. The first kappa shape index (κ1) is 16.0. The fourth-order valence-corrected chi connectivity index (χ4v) is 2.24. The molecule has 0 aliphatic carbocycles. The molecule has 2 rings (SSSR count). The van der Waals surface area contributed by atoms with Gasteiger partial charge in [0.25, 0.3) is 0 Å². The molecule has 3 nitrogen and oxygen atoms in total. The Balaban J connectivity index is 1.96. The molecular weight excluding hydrogens is 331 g/mol. The Morgan fingerprint density at radius 1 is 1.10 bits per heavy atom. The zero-order valence-corrected chi connectivity index (χ0v) is 13.5. The second-order valence-electron chi connectivity index (χ2n) is 4.47. The Kier molecular flexibility index (Phi) is 5.34. The summed E-state index contributed by atoms with van der Waals surface area (Å²) in [4.78, 5) is 11.9. The molecule has 6 heteroatoms. The number of carbonyl (C=O) groups excluding carboxylic acids is 1. The van der Waals surface area contributed by atoms with E-state index in [0.717, 1.165) is 5.56 Å². The van der Waals surface area contributed by atoms with E-state index in [1.54, 1.807) is 30.3 Å². The number of nitrogens with one attached hydrogen (secondary N) is 2. The second kappa shape index (κ2) is 7.03. The van der Waals surface area contributed by atoms with Crippen molar-refractivity contribution >= 4 is 52.1 Å². The second-order valence-corrected chi connectivity index (χ2v) is 5.66. The molecule has 0 radical (unpaired) electrons. The molecule has 2 N–H and O–H groups in total. The monoisotopic (exact) mass is 342 g/mol.